The zero-order chi connectivity index (χ0) is 11.7. The third-order valence-corrected chi connectivity index (χ3v) is 4.65. The lowest BCUT2D eigenvalue weighted by Gasteiger charge is -2.49. The van der Waals surface area contributed by atoms with E-state index < -0.39 is 11.0 Å². The maximum Gasteiger partial charge on any atom is 0.177 e. The molecule has 0 amide bonds. The number of rotatable bonds is 1. The van der Waals surface area contributed by atoms with Gasteiger partial charge in [-0.2, -0.15) is 0 Å². The summed E-state index contributed by atoms with van der Waals surface area (Å²) in [5.74, 6) is 0.237. The Labute approximate surface area is 94.8 Å². The molecule has 0 N–H and O–H groups in total. The van der Waals surface area contributed by atoms with Crippen LogP contribution in [0, 0.1) is 17.3 Å². The van der Waals surface area contributed by atoms with Gasteiger partial charge >= 0.3 is 0 Å². The molecule has 4 rings (SSSR count). The van der Waals surface area contributed by atoms with E-state index in [1.54, 1.807) is 6.92 Å². The summed E-state index contributed by atoms with van der Waals surface area (Å²) in [6, 6.07) is 0. The number of hydrogen-bond donors (Lipinski definition) is 0. The molecule has 2 fully saturated rings. The van der Waals surface area contributed by atoms with E-state index in [2.05, 4.69) is 6.92 Å². The Balaban J connectivity index is 2.14. The van der Waals surface area contributed by atoms with Crippen LogP contribution in [0.2, 0.25) is 0 Å². The van der Waals surface area contributed by atoms with E-state index >= 15 is 0 Å². The number of carbonyl (C=O) groups is 2. The van der Waals surface area contributed by atoms with Gasteiger partial charge in [0.05, 0.1) is 12.0 Å². The first kappa shape index (κ1) is 10.2. The Morgan fingerprint density at radius 1 is 1.56 bits per heavy atom. The maximum absolute atomic E-state index is 12.4. The Kier molecular flexibility index (Phi) is 1.69. The number of hydrogen-bond acceptors (Lipinski definition) is 3. The molecule has 4 aliphatic rings. The Morgan fingerprint density at radius 3 is 2.69 bits per heavy atom. The molecule has 16 heavy (non-hydrogen) atoms. The molecule has 86 valence electrons. The first-order valence-corrected chi connectivity index (χ1v) is 5.80. The summed E-state index contributed by atoms with van der Waals surface area (Å²) < 4.78 is 5.45. The predicted octanol–water partition coefficient (Wildman–Crippen LogP) is 1.52. The van der Waals surface area contributed by atoms with E-state index in [1.165, 1.54) is 5.57 Å². The van der Waals surface area contributed by atoms with Gasteiger partial charge < -0.3 is 4.74 Å². The van der Waals surface area contributed by atoms with Gasteiger partial charge in [-0.15, -0.1) is 0 Å². The van der Waals surface area contributed by atoms with Gasteiger partial charge in [0, 0.05) is 11.8 Å². The van der Waals surface area contributed by atoms with Crippen molar-refractivity contribution < 1.29 is 14.3 Å². The molecule has 3 nitrogen and oxygen atoms in total. The summed E-state index contributed by atoms with van der Waals surface area (Å²) in [6.45, 7) is 6.08. The van der Waals surface area contributed by atoms with Crippen molar-refractivity contribution in [3.05, 3.63) is 11.6 Å². The second kappa shape index (κ2) is 2.65. The molecule has 3 aliphatic carbocycles. The zero-order valence-electron chi connectivity index (χ0n) is 9.87. The highest BCUT2D eigenvalue weighted by atomic mass is 16.6. The number of epoxide rings is 1. The highest BCUT2D eigenvalue weighted by molar-refractivity contribution is 6.03. The highest BCUT2D eigenvalue weighted by Gasteiger charge is 2.70. The van der Waals surface area contributed by atoms with Crippen LogP contribution in [0.25, 0.3) is 0 Å². The van der Waals surface area contributed by atoms with Crippen molar-refractivity contribution in [1.29, 1.82) is 0 Å². The van der Waals surface area contributed by atoms with Crippen molar-refractivity contribution in [2.75, 3.05) is 6.61 Å². The fourth-order valence-electron chi connectivity index (χ4n) is 3.73. The molecule has 1 heterocycles. The second-order valence-corrected chi connectivity index (χ2v) is 5.63. The number of Topliss-reactive ketones (excluding diaryl/α,β-unsaturated/α-hetero) is 2. The minimum atomic E-state index is -0.624. The minimum absolute atomic E-state index is 0.125. The topological polar surface area (TPSA) is 46.7 Å². The Hall–Kier alpha value is -0.960. The molecule has 1 saturated heterocycles. The van der Waals surface area contributed by atoms with Gasteiger partial charge in [0.2, 0.25) is 0 Å². The van der Waals surface area contributed by atoms with Crippen LogP contribution in [0.3, 0.4) is 0 Å². The van der Waals surface area contributed by atoms with E-state index in [1.807, 2.05) is 13.0 Å². The molecule has 0 aromatic rings. The predicted molar refractivity (Wildman–Crippen MR) is 57.8 cm³/mol. The van der Waals surface area contributed by atoms with Gasteiger partial charge in [-0.05, 0) is 27.2 Å². The van der Waals surface area contributed by atoms with Crippen LogP contribution in [0.5, 0.6) is 0 Å². The van der Waals surface area contributed by atoms with Gasteiger partial charge in [-0.3, -0.25) is 9.59 Å². The van der Waals surface area contributed by atoms with E-state index in [-0.39, 0.29) is 23.4 Å². The third-order valence-electron chi connectivity index (χ3n) is 4.65. The zero-order valence-corrected chi connectivity index (χ0v) is 9.87. The molecule has 1 spiro atoms. The first-order chi connectivity index (χ1) is 7.42. The van der Waals surface area contributed by atoms with Gasteiger partial charge in [-0.25, -0.2) is 0 Å². The second-order valence-electron chi connectivity index (χ2n) is 5.63. The van der Waals surface area contributed by atoms with Crippen LogP contribution in [-0.2, 0) is 14.3 Å². The first-order valence-electron chi connectivity index (χ1n) is 5.80. The van der Waals surface area contributed by atoms with Crippen molar-refractivity contribution >= 4 is 11.6 Å². The number of ketones is 2. The van der Waals surface area contributed by atoms with Crippen molar-refractivity contribution in [1.82, 2.24) is 0 Å². The van der Waals surface area contributed by atoms with Crippen LogP contribution in [0.4, 0.5) is 0 Å². The van der Waals surface area contributed by atoms with Crippen molar-refractivity contribution in [2.45, 2.75) is 32.8 Å². The summed E-state index contributed by atoms with van der Waals surface area (Å²) in [5, 5.41) is 0. The highest BCUT2D eigenvalue weighted by Crippen LogP contribution is 2.59. The average Bonchev–Trinajstić information content (AvgIpc) is 2.94. The molecule has 0 aromatic heterocycles. The third kappa shape index (κ3) is 0.932. The summed E-state index contributed by atoms with van der Waals surface area (Å²) in [5.41, 5.74) is 0.0397. The molecule has 1 saturated carbocycles. The fraction of sp³-hybridized carbons (Fsp3) is 0.692. The van der Waals surface area contributed by atoms with Crippen LogP contribution in [0.1, 0.15) is 27.2 Å². The van der Waals surface area contributed by atoms with Crippen LogP contribution >= 0.6 is 0 Å². The maximum atomic E-state index is 12.4. The Bertz CT molecular complexity index is 430. The molecule has 0 radical (unpaired) electrons. The lowest BCUT2D eigenvalue weighted by atomic mass is 9.52. The average molecular weight is 220 g/mol. The van der Waals surface area contributed by atoms with E-state index in [9.17, 15) is 9.59 Å². The van der Waals surface area contributed by atoms with Crippen LogP contribution in [0.15, 0.2) is 11.6 Å². The number of carbonyl (C=O) groups excluding carboxylic acids is 2. The quantitative estimate of drug-likeness (QED) is 0.497. The molecule has 1 aliphatic heterocycles. The molecule has 4 atom stereocenters. The summed E-state index contributed by atoms with van der Waals surface area (Å²) in [6.07, 6.45) is 2.78. The normalized spacial score (nSPS) is 49.4. The number of ether oxygens (including phenoxy) is 1. The Morgan fingerprint density at radius 2 is 2.19 bits per heavy atom. The summed E-state index contributed by atoms with van der Waals surface area (Å²) in [7, 11) is 0. The van der Waals surface area contributed by atoms with Gasteiger partial charge in [0.25, 0.3) is 0 Å². The number of fused-ring (bicyclic) bond motifs is 1. The largest absolute Gasteiger partial charge is 0.361 e. The van der Waals surface area contributed by atoms with E-state index in [0.29, 0.717) is 6.61 Å². The molecule has 4 unspecified atom stereocenters. The smallest absolute Gasteiger partial charge is 0.177 e. The molecule has 3 heteroatoms. The van der Waals surface area contributed by atoms with Gasteiger partial charge in [0.15, 0.2) is 11.4 Å². The summed E-state index contributed by atoms with van der Waals surface area (Å²) >= 11 is 0. The van der Waals surface area contributed by atoms with Crippen molar-refractivity contribution in [3.63, 3.8) is 0 Å². The van der Waals surface area contributed by atoms with Crippen LogP contribution < -0.4 is 0 Å². The number of allylic oxidation sites excluding steroid dienone is 1. The van der Waals surface area contributed by atoms with Crippen LogP contribution in [-0.4, -0.2) is 23.8 Å². The van der Waals surface area contributed by atoms with E-state index in [0.717, 1.165) is 6.42 Å². The molecule has 2 bridgehead atoms. The van der Waals surface area contributed by atoms with Crippen molar-refractivity contribution in [3.8, 4) is 0 Å². The fourth-order valence-corrected chi connectivity index (χ4v) is 3.73. The summed E-state index contributed by atoms with van der Waals surface area (Å²) in [4.78, 5) is 24.1. The standard InChI is InChI=1S/C13H16O3/c1-7-5-12(3)10(8(2)14)4-9(7)13(6-16-13)11(12)15/h5,9-10H,4,6H2,1-3H3. The van der Waals surface area contributed by atoms with Gasteiger partial charge in [-0.1, -0.05) is 11.6 Å². The van der Waals surface area contributed by atoms with Gasteiger partial charge in [0.1, 0.15) is 5.78 Å². The van der Waals surface area contributed by atoms with E-state index in [4.69, 9.17) is 4.74 Å². The lowest BCUT2D eigenvalue weighted by molar-refractivity contribution is -0.147. The monoisotopic (exact) mass is 220 g/mol. The molecule has 0 aromatic carbocycles. The lowest BCUT2D eigenvalue weighted by Crippen LogP contribution is -2.58. The molecular weight excluding hydrogens is 204 g/mol. The SMILES string of the molecule is CC(=O)C1CC2C(C)=CC1(C)C(=O)C21CO1. The van der Waals surface area contributed by atoms with Crippen molar-refractivity contribution in [2.24, 2.45) is 17.3 Å². The minimum Gasteiger partial charge on any atom is -0.361 e. The molecular formula is C13H16O3.